The summed E-state index contributed by atoms with van der Waals surface area (Å²) in [5.41, 5.74) is 5.30. The van der Waals surface area contributed by atoms with Gasteiger partial charge in [-0.1, -0.05) is 0 Å². The number of hydrogen-bond acceptors (Lipinski definition) is 6. The number of hydrogen-bond donors (Lipinski definition) is 4. The second-order valence-corrected chi connectivity index (χ2v) is 7.41. The molecule has 21 heavy (non-hydrogen) atoms. The molecule has 1 unspecified atom stereocenters. The van der Waals surface area contributed by atoms with Crippen LogP contribution in [0.15, 0.2) is 0 Å². The maximum atomic E-state index is 12.4. The molecule has 0 aliphatic rings. The van der Waals surface area contributed by atoms with Crippen LogP contribution >= 0.6 is 7.37 Å². The van der Waals surface area contributed by atoms with Crippen molar-refractivity contribution in [2.24, 2.45) is 11.7 Å². The summed E-state index contributed by atoms with van der Waals surface area (Å²) in [5.74, 6) is -4.80. The number of rotatable bonds is 11. The zero-order valence-electron chi connectivity index (χ0n) is 11.6. The highest BCUT2D eigenvalue weighted by Gasteiger charge is 2.32. The molecule has 0 heterocycles. The molecule has 10 heteroatoms. The Morgan fingerprint density at radius 3 is 2.10 bits per heavy atom. The van der Waals surface area contributed by atoms with E-state index < -0.39 is 37.2 Å². The molecule has 0 saturated carbocycles. The largest absolute Gasteiger partial charge is 0.481 e. The highest BCUT2D eigenvalue weighted by atomic mass is 31.2. The number of carboxylic acid groups (broad SMARTS) is 3. The highest BCUT2D eigenvalue weighted by Crippen LogP contribution is 2.49. The predicted octanol–water partition coefficient (Wildman–Crippen LogP) is 0.279. The maximum Gasteiger partial charge on any atom is 0.320 e. The molecule has 122 valence electrons. The molecule has 0 aromatic heterocycles. The van der Waals surface area contributed by atoms with E-state index in [0.717, 1.165) is 7.11 Å². The van der Waals surface area contributed by atoms with Crippen LogP contribution in [0.1, 0.15) is 19.3 Å². The number of aliphatic carboxylic acids is 3. The van der Waals surface area contributed by atoms with Crippen LogP contribution in [-0.2, 0) is 23.5 Å². The minimum absolute atomic E-state index is 0.119. The van der Waals surface area contributed by atoms with Gasteiger partial charge >= 0.3 is 17.9 Å². The predicted molar refractivity (Wildman–Crippen MR) is 72.6 cm³/mol. The van der Waals surface area contributed by atoms with Crippen LogP contribution in [0.25, 0.3) is 0 Å². The van der Waals surface area contributed by atoms with Crippen LogP contribution in [-0.4, -0.2) is 58.7 Å². The fraction of sp³-hybridized carbons (Fsp3) is 0.727. The summed E-state index contributed by atoms with van der Waals surface area (Å²) >= 11 is 0. The van der Waals surface area contributed by atoms with Gasteiger partial charge in [0.25, 0.3) is 0 Å². The average molecular weight is 325 g/mol. The lowest BCUT2D eigenvalue weighted by atomic mass is 10.1. The smallest absolute Gasteiger partial charge is 0.320 e. The third kappa shape index (κ3) is 7.79. The second kappa shape index (κ2) is 8.76. The first-order chi connectivity index (χ1) is 9.61. The fourth-order valence-electron chi connectivity index (χ4n) is 1.64. The highest BCUT2D eigenvalue weighted by molar-refractivity contribution is 7.59. The zero-order chi connectivity index (χ0) is 16.6. The zero-order valence-corrected chi connectivity index (χ0v) is 12.5. The minimum atomic E-state index is -3.38. The number of carboxylic acids is 3. The third-order valence-electron chi connectivity index (χ3n) is 2.99. The molecule has 0 radical (unpaired) electrons. The molecule has 0 aliphatic heterocycles. The van der Waals surface area contributed by atoms with Gasteiger partial charge in [-0.25, -0.2) is 0 Å². The lowest BCUT2D eigenvalue weighted by molar-refractivity contribution is -0.142. The second-order valence-electron chi connectivity index (χ2n) is 4.60. The quantitative estimate of drug-likeness (QED) is 0.390. The van der Waals surface area contributed by atoms with Crippen molar-refractivity contribution in [2.75, 3.05) is 19.4 Å². The topological polar surface area (TPSA) is 164 Å². The molecule has 0 spiro atoms. The molecule has 0 aromatic rings. The molecule has 0 rings (SSSR count). The monoisotopic (exact) mass is 325 g/mol. The number of carbonyl (C=O) groups is 3. The van der Waals surface area contributed by atoms with E-state index >= 15 is 0 Å². The van der Waals surface area contributed by atoms with Crippen LogP contribution in [0.5, 0.6) is 0 Å². The Kier molecular flexibility index (Phi) is 8.16. The van der Waals surface area contributed by atoms with Crippen LogP contribution in [0.4, 0.5) is 0 Å². The van der Waals surface area contributed by atoms with E-state index in [-0.39, 0.29) is 31.6 Å². The van der Waals surface area contributed by atoms with Gasteiger partial charge < -0.3 is 25.6 Å². The Hall–Kier alpha value is -1.44. The first kappa shape index (κ1) is 19.6. The summed E-state index contributed by atoms with van der Waals surface area (Å²) in [5, 5.41) is 26.2. The normalized spacial score (nSPS) is 16.7. The molecular weight excluding hydrogens is 305 g/mol. The van der Waals surface area contributed by atoms with Gasteiger partial charge in [-0.3, -0.25) is 18.9 Å². The Morgan fingerprint density at radius 1 is 1.14 bits per heavy atom. The van der Waals surface area contributed by atoms with Gasteiger partial charge in [0.2, 0.25) is 7.37 Å². The van der Waals surface area contributed by atoms with Crippen LogP contribution in [0, 0.1) is 5.92 Å². The third-order valence-corrected chi connectivity index (χ3v) is 5.59. The summed E-state index contributed by atoms with van der Waals surface area (Å²) in [7, 11) is -2.24. The van der Waals surface area contributed by atoms with Crippen molar-refractivity contribution in [3.63, 3.8) is 0 Å². The lowest BCUT2D eigenvalue weighted by Gasteiger charge is -2.21. The van der Waals surface area contributed by atoms with Crippen molar-refractivity contribution in [1.29, 1.82) is 0 Å². The van der Waals surface area contributed by atoms with E-state index in [2.05, 4.69) is 0 Å². The van der Waals surface area contributed by atoms with Gasteiger partial charge in [0.05, 0.1) is 5.92 Å². The molecule has 9 nitrogen and oxygen atoms in total. The van der Waals surface area contributed by atoms with Gasteiger partial charge in [-0.2, -0.15) is 0 Å². The molecule has 0 aromatic carbocycles. The van der Waals surface area contributed by atoms with Crippen molar-refractivity contribution in [2.45, 2.75) is 25.3 Å². The van der Waals surface area contributed by atoms with Gasteiger partial charge in [0, 0.05) is 25.9 Å². The van der Waals surface area contributed by atoms with E-state index in [1.54, 1.807) is 0 Å². The molecule has 0 aliphatic carbocycles. The Morgan fingerprint density at radius 2 is 1.71 bits per heavy atom. The van der Waals surface area contributed by atoms with Crippen LogP contribution in [0.3, 0.4) is 0 Å². The van der Waals surface area contributed by atoms with E-state index in [0.29, 0.717) is 0 Å². The van der Waals surface area contributed by atoms with Gasteiger partial charge in [-0.15, -0.1) is 0 Å². The van der Waals surface area contributed by atoms with Gasteiger partial charge in [0.15, 0.2) is 0 Å². The summed E-state index contributed by atoms with van der Waals surface area (Å²) in [6.07, 6.45) is -1.18. The molecule has 5 N–H and O–H groups in total. The van der Waals surface area contributed by atoms with Gasteiger partial charge in [-0.05, 0) is 12.8 Å². The SMILES string of the molecule is COP(=O)(CC[C@H](N)C(=O)O)C[C@@H](CCC(=O)O)C(=O)O. The Balaban J connectivity index is 4.73. The van der Waals surface area contributed by atoms with Crippen LogP contribution in [0.2, 0.25) is 0 Å². The summed E-state index contributed by atoms with van der Waals surface area (Å²) in [6, 6.07) is -1.21. The first-order valence-electron chi connectivity index (χ1n) is 6.18. The van der Waals surface area contributed by atoms with Crippen molar-refractivity contribution >= 4 is 25.3 Å². The van der Waals surface area contributed by atoms with Crippen molar-refractivity contribution < 1.29 is 38.8 Å². The standard InChI is InChI=1S/C11H20NO8P/c1-20-21(19,5-4-8(12)11(17)18)6-7(10(15)16)2-3-9(13)14/h7-8H,2-6,12H2,1H3,(H,13,14)(H,15,16)(H,17,18)/t7-,8+,21?/m1/s1. The minimum Gasteiger partial charge on any atom is -0.481 e. The van der Waals surface area contributed by atoms with E-state index in [4.69, 9.17) is 25.6 Å². The first-order valence-corrected chi connectivity index (χ1v) is 8.17. The molecule has 0 saturated heterocycles. The Bertz CT molecular complexity index is 438. The lowest BCUT2D eigenvalue weighted by Crippen LogP contribution is -2.31. The van der Waals surface area contributed by atoms with E-state index in [1.807, 2.05) is 0 Å². The number of nitrogens with two attached hydrogens (primary N) is 1. The van der Waals surface area contributed by atoms with Crippen LogP contribution < -0.4 is 5.73 Å². The average Bonchev–Trinajstić information content (AvgIpc) is 2.40. The van der Waals surface area contributed by atoms with E-state index in [9.17, 15) is 18.9 Å². The van der Waals surface area contributed by atoms with E-state index in [1.165, 1.54) is 0 Å². The summed E-state index contributed by atoms with van der Waals surface area (Å²) < 4.78 is 17.2. The molecule has 0 amide bonds. The van der Waals surface area contributed by atoms with Crippen molar-refractivity contribution in [3.8, 4) is 0 Å². The van der Waals surface area contributed by atoms with Gasteiger partial charge in [0.1, 0.15) is 6.04 Å². The molecule has 0 bridgehead atoms. The maximum absolute atomic E-state index is 12.4. The summed E-state index contributed by atoms with van der Waals surface area (Å²) in [4.78, 5) is 32.1. The fourth-order valence-corrected chi connectivity index (χ4v) is 3.84. The molecule has 3 atom stereocenters. The summed E-state index contributed by atoms with van der Waals surface area (Å²) in [6.45, 7) is 0. The Labute approximate surface area is 121 Å². The molecular formula is C11H20NO8P. The van der Waals surface area contributed by atoms with Crippen molar-refractivity contribution in [1.82, 2.24) is 0 Å². The van der Waals surface area contributed by atoms with Crippen molar-refractivity contribution in [3.05, 3.63) is 0 Å². The molecule has 0 fully saturated rings.